The molecule has 104 valence electrons. The standard InChI is InChI=1S/C14H21N3O2/c1-11(2)19-10-9-16-7-8-17(14(16)18)13-6-4-3-5-12(13)15/h3-6,11H,7-10,15H2,1-2H3. The molecular weight excluding hydrogens is 242 g/mol. The molecule has 1 saturated heterocycles. The predicted octanol–water partition coefficient (Wildman–Crippen LogP) is 1.94. The molecule has 5 nitrogen and oxygen atoms in total. The highest BCUT2D eigenvalue weighted by atomic mass is 16.5. The lowest BCUT2D eigenvalue weighted by molar-refractivity contribution is 0.0679. The maximum Gasteiger partial charge on any atom is 0.324 e. The summed E-state index contributed by atoms with van der Waals surface area (Å²) in [6.07, 6.45) is 0.193. The Morgan fingerprint density at radius 2 is 2.05 bits per heavy atom. The molecule has 0 aliphatic carbocycles. The fraction of sp³-hybridized carbons (Fsp3) is 0.500. The highest BCUT2D eigenvalue weighted by Crippen LogP contribution is 2.26. The van der Waals surface area contributed by atoms with Crippen LogP contribution in [0.3, 0.4) is 0 Å². The highest BCUT2D eigenvalue weighted by Gasteiger charge is 2.30. The summed E-state index contributed by atoms with van der Waals surface area (Å²) in [5.74, 6) is 0. The van der Waals surface area contributed by atoms with E-state index in [-0.39, 0.29) is 12.1 Å². The monoisotopic (exact) mass is 263 g/mol. The maximum atomic E-state index is 12.3. The van der Waals surface area contributed by atoms with Gasteiger partial charge in [0.2, 0.25) is 0 Å². The second kappa shape index (κ2) is 5.93. The first kappa shape index (κ1) is 13.7. The van der Waals surface area contributed by atoms with Crippen LogP contribution in [-0.4, -0.2) is 43.3 Å². The Labute approximate surface area is 113 Å². The van der Waals surface area contributed by atoms with Crippen molar-refractivity contribution in [3.63, 3.8) is 0 Å². The molecule has 2 amide bonds. The van der Waals surface area contributed by atoms with E-state index in [0.717, 1.165) is 5.69 Å². The van der Waals surface area contributed by atoms with Crippen LogP contribution in [0.5, 0.6) is 0 Å². The van der Waals surface area contributed by atoms with E-state index in [1.807, 2.05) is 38.1 Å². The molecule has 1 aliphatic rings. The van der Waals surface area contributed by atoms with E-state index >= 15 is 0 Å². The molecule has 0 saturated carbocycles. The number of hydrogen-bond donors (Lipinski definition) is 1. The van der Waals surface area contributed by atoms with Crippen LogP contribution in [-0.2, 0) is 4.74 Å². The number of carbonyl (C=O) groups is 1. The Morgan fingerprint density at radius 3 is 2.74 bits per heavy atom. The van der Waals surface area contributed by atoms with Gasteiger partial charge in [-0.1, -0.05) is 12.1 Å². The lowest BCUT2D eigenvalue weighted by Gasteiger charge is -2.20. The summed E-state index contributed by atoms with van der Waals surface area (Å²) in [5.41, 5.74) is 7.34. The van der Waals surface area contributed by atoms with Gasteiger partial charge in [-0.05, 0) is 26.0 Å². The number of benzene rings is 1. The smallest absolute Gasteiger partial charge is 0.324 e. The summed E-state index contributed by atoms with van der Waals surface area (Å²) in [4.78, 5) is 15.8. The Kier molecular flexibility index (Phi) is 4.27. The van der Waals surface area contributed by atoms with Gasteiger partial charge in [-0.15, -0.1) is 0 Å². The molecule has 0 bridgehead atoms. The number of amides is 2. The van der Waals surface area contributed by atoms with Gasteiger partial charge in [0.05, 0.1) is 24.1 Å². The molecule has 0 spiro atoms. The second-order valence-corrected chi connectivity index (χ2v) is 4.90. The van der Waals surface area contributed by atoms with Gasteiger partial charge in [0.1, 0.15) is 0 Å². The number of hydrogen-bond acceptors (Lipinski definition) is 3. The summed E-state index contributed by atoms with van der Waals surface area (Å²) in [6.45, 7) is 6.57. The molecule has 0 atom stereocenters. The number of carbonyl (C=O) groups excluding carboxylic acids is 1. The third-order valence-corrected chi connectivity index (χ3v) is 3.13. The molecule has 0 unspecified atom stereocenters. The molecule has 0 aromatic heterocycles. The van der Waals surface area contributed by atoms with E-state index in [9.17, 15) is 4.79 Å². The fourth-order valence-electron chi connectivity index (χ4n) is 2.15. The number of para-hydroxylation sites is 2. The lowest BCUT2D eigenvalue weighted by Crippen LogP contribution is -2.34. The largest absolute Gasteiger partial charge is 0.397 e. The van der Waals surface area contributed by atoms with E-state index in [4.69, 9.17) is 10.5 Å². The summed E-state index contributed by atoms with van der Waals surface area (Å²) < 4.78 is 5.48. The van der Waals surface area contributed by atoms with Crippen molar-refractivity contribution in [2.75, 3.05) is 36.9 Å². The van der Waals surface area contributed by atoms with E-state index < -0.39 is 0 Å². The first-order chi connectivity index (χ1) is 9.09. The fourth-order valence-corrected chi connectivity index (χ4v) is 2.15. The Hall–Kier alpha value is -1.75. The molecule has 2 N–H and O–H groups in total. The minimum atomic E-state index is 0.00487. The van der Waals surface area contributed by atoms with E-state index in [2.05, 4.69) is 0 Å². The molecule has 2 rings (SSSR count). The number of ether oxygens (including phenoxy) is 1. The van der Waals surface area contributed by atoms with E-state index in [0.29, 0.717) is 31.9 Å². The highest BCUT2D eigenvalue weighted by molar-refractivity contribution is 5.97. The van der Waals surface area contributed by atoms with E-state index in [1.54, 1.807) is 9.80 Å². The van der Waals surface area contributed by atoms with Crippen LogP contribution in [0.15, 0.2) is 24.3 Å². The van der Waals surface area contributed by atoms with Crippen LogP contribution < -0.4 is 10.6 Å². The average molecular weight is 263 g/mol. The van der Waals surface area contributed by atoms with Gasteiger partial charge in [0, 0.05) is 19.6 Å². The molecule has 19 heavy (non-hydrogen) atoms. The first-order valence-electron chi connectivity index (χ1n) is 6.62. The van der Waals surface area contributed by atoms with Crippen molar-refractivity contribution in [2.24, 2.45) is 0 Å². The van der Waals surface area contributed by atoms with Gasteiger partial charge >= 0.3 is 6.03 Å². The molecule has 1 aliphatic heterocycles. The minimum Gasteiger partial charge on any atom is -0.397 e. The normalized spacial score (nSPS) is 15.6. The SMILES string of the molecule is CC(C)OCCN1CCN(c2ccccc2N)C1=O. The first-order valence-corrected chi connectivity index (χ1v) is 6.62. The molecule has 0 radical (unpaired) electrons. The van der Waals surface area contributed by atoms with Gasteiger partial charge < -0.3 is 15.4 Å². The number of nitrogens with two attached hydrogens (primary N) is 1. The lowest BCUT2D eigenvalue weighted by atomic mass is 10.2. The van der Waals surface area contributed by atoms with Gasteiger partial charge in [-0.3, -0.25) is 4.90 Å². The quantitative estimate of drug-likeness (QED) is 0.826. The number of nitrogens with zero attached hydrogens (tertiary/aromatic N) is 2. The van der Waals surface area contributed by atoms with Crippen LogP contribution in [0.4, 0.5) is 16.2 Å². The van der Waals surface area contributed by atoms with Crippen molar-refractivity contribution in [1.29, 1.82) is 0 Å². The zero-order valence-electron chi connectivity index (χ0n) is 11.5. The predicted molar refractivity (Wildman–Crippen MR) is 76.3 cm³/mol. The molecule has 1 aromatic carbocycles. The topological polar surface area (TPSA) is 58.8 Å². The maximum absolute atomic E-state index is 12.3. The Bertz CT molecular complexity index is 448. The van der Waals surface area contributed by atoms with Crippen molar-refractivity contribution in [2.45, 2.75) is 20.0 Å². The Morgan fingerprint density at radius 1 is 1.32 bits per heavy atom. The van der Waals surface area contributed by atoms with Crippen LogP contribution in [0.25, 0.3) is 0 Å². The summed E-state index contributed by atoms with van der Waals surface area (Å²) in [5, 5.41) is 0. The van der Waals surface area contributed by atoms with Gasteiger partial charge in [-0.2, -0.15) is 0 Å². The molecule has 1 fully saturated rings. The number of rotatable bonds is 5. The molecule has 5 heteroatoms. The van der Waals surface area contributed by atoms with Crippen LogP contribution in [0.1, 0.15) is 13.8 Å². The third-order valence-electron chi connectivity index (χ3n) is 3.13. The van der Waals surface area contributed by atoms with Gasteiger partial charge in [-0.25, -0.2) is 4.79 Å². The Balaban J connectivity index is 1.96. The van der Waals surface area contributed by atoms with Crippen molar-refractivity contribution in [3.05, 3.63) is 24.3 Å². The summed E-state index contributed by atoms with van der Waals surface area (Å²) in [7, 11) is 0. The van der Waals surface area contributed by atoms with Gasteiger partial charge in [0.25, 0.3) is 0 Å². The van der Waals surface area contributed by atoms with Crippen LogP contribution >= 0.6 is 0 Å². The van der Waals surface area contributed by atoms with Crippen LogP contribution in [0.2, 0.25) is 0 Å². The molecular formula is C14H21N3O2. The van der Waals surface area contributed by atoms with Crippen molar-refractivity contribution < 1.29 is 9.53 Å². The minimum absolute atomic E-state index is 0.00487. The van der Waals surface area contributed by atoms with Gasteiger partial charge in [0.15, 0.2) is 0 Å². The average Bonchev–Trinajstić information content (AvgIpc) is 2.72. The summed E-state index contributed by atoms with van der Waals surface area (Å²) in [6, 6.07) is 7.45. The number of anilines is 2. The number of nitrogen functional groups attached to an aromatic ring is 1. The van der Waals surface area contributed by atoms with Crippen molar-refractivity contribution in [3.8, 4) is 0 Å². The zero-order valence-corrected chi connectivity index (χ0v) is 11.5. The van der Waals surface area contributed by atoms with Crippen molar-refractivity contribution in [1.82, 2.24) is 4.90 Å². The molecule has 1 aromatic rings. The molecule has 1 heterocycles. The van der Waals surface area contributed by atoms with Crippen molar-refractivity contribution >= 4 is 17.4 Å². The van der Waals surface area contributed by atoms with E-state index in [1.165, 1.54) is 0 Å². The third kappa shape index (κ3) is 3.17. The van der Waals surface area contributed by atoms with Crippen LogP contribution in [0, 0.1) is 0 Å². The second-order valence-electron chi connectivity index (χ2n) is 4.90. The zero-order chi connectivity index (χ0) is 13.8. The number of urea groups is 1. The summed E-state index contributed by atoms with van der Waals surface area (Å²) >= 11 is 0.